The van der Waals surface area contributed by atoms with Crippen LogP contribution in [0.4, 0.5) is 4.39 Å². The minimum absolute atomic E-state index is 0.235. The molecular weight excluding hydrogens is 255 g/mol. The fraction of sp³-hybridized carbons (Fsp3) is 0.312. The first-order chi connectivity index (χ1) is 9.75. The molecule has 0 aliphatic carbocycles. The minimum atomic E-state index is -0.235. The van der Waals surface area contributed by atoms with Crippen LogP contribution >= 0.6 is 0 Å². The van der Waals surface area contributed by atoms with Crippen LogP contribution in [0.5, 0.6) is 5.75 Å². The lowest BCUT2D eigenvalue weighted by Crippen LogP contribution is -2.10. The number of ether oxygens (including phenoxy) is 1. The number of rotatable bonds is 1. The van der Waals surface area contributed by atoms with Gasteiger partial charge in [-0.15, -0.1) is 0 Å². The summed E-state index contributed by atoms with van der Waals surface area (Å²) in [6, 6.07) is 7.06. The topological polar surface area (TPSA) is 48.1 Å². The second-order valence-corrected chi connectivity index (χ2v) is 4.55. The molecule has 4 heteroatoms. The maximum absolute atomic E-state index is 14.1. The number of hydrogen-bond donors (Lipinski definition) is 1. The molecule has 20 heavy (non-hydrogen) atoms. The molecule has 0 saturated heterocycles. The summed E-state index contributed by atoms with van der Waals surface area (Å²) in [7, 11) is 1.50. The van der Waals surface area contributed by atoms with E-state index in [2.05, 4.69) is 10.7 Å². The van der Waals surface area contributed by atoms with Crippen molar-refractivity contribution in [2.45, 2.75) is 19.8 Å². The lowest BCUT2D eigenvalue weighted by Gasteiger charge is -2.21. The van der Waals surface area contributed by atoms with E-state index in [1.807, 2.05) is 25.1 Å². The number of nitrogens with two attached hydrogens (primary N) is 1. The Morgan fingerprint density at radius 2 is 2.05 bits per heavy atom. The summed E-state index contributed by atoms with van der Waals surface area (Å²) < 4.78 is 19.8. The number of hydrogen-bond acceptors (Lipinski definition) is 3. The third-order valence-electron chi connectivity index (χ3n) is 3.21. The highest BCUT2D eigenvalue weighted by Gasteiger charge is 2.19. The Hall–Kier alpha value is -1.94. The molecule has 3 nitrogen and oxygen atoms in total. The molecule has 0 saturated carbocycles. The SMILES string of the molecule is CN.Cc1cc(-c2c(F)ccc3c2OCCC3)ccn1. The molecule has 1 aliphatic rings. The Kier molecular flexibility index (Phi) is 4.69. The zero-order chi connectivity index (χ0) is 14.5. The number of benzene rings is 1. The molecule has 0 unspecified atom stereocenters. The van der Waals surface area contributed by atoms with Crippen LogP contribution in [-0.4, -0.2) is 18.6 Å². The van der Waals surface area contributed by atoms with Crippen LogP contribution in [0.15, 0.2) is 30.5 Å². The van der Waals surface area contributed by atoms with Crippen molar-refractivity contribution in [2.75, 3.05) is 13.7 Å². The third-order valence-corrected chi connectivity index (χ3v) is 3.21. The predicted molar refractivity (Wildman–Crippen MR) is 78.3 cm³/mol. The van der Waals surface area contributed by atoms with Crippen LogP contribution in [0.1, 0.15) is 17.7 Å². The van der Waals surface area contributed by atoms with Crippen molar-refractivity contribution in [3.8, 4) is 16.9 Å². The van der Waals surface area contributed by atoms with Gasteiger partial charge in [-0.3, -0.25) is 4.98 Å². The van der Waals surface area contributed by atoms with Gasteiger partial charge in [-0.05, 0) is 56.1 Å². The Labute approximate surface area is 118 Å². The molecule has 0 spiro atoms. The summed E-state index contributed by atoms with van der Waals surface area (Å²) in [5.74, 6) is 0.466. The van der Waals surface area contributed by atoms with Gasteiger partial charge in [-0.25, -0.2) is 4.39 Å². The van der Waals surface area contributed by atoms with Crippen molar-refractivity contribution in [3.05, 3.63) is 47.5 Å². The van der Waals surface area contributed by atoms with Crippen LogP contribution in [0, 0.1) is 12.7 Å². The fourth-order valence-corrected chi connectivity index (χ4v) is 2.37. The van der Waals surface area contributed by atoms with Gasteiger partial charge in [-0.1, -0.05) is 6.07 Å². The van der Waals surface area contributed by atoms with E-state index in [-0.39, 0.29) is 5.82 Å². The molecule has 2 aromatic rings. The molecule has 0 bridgehead atoms. The second-order valence-electron chi connectivity index (χ2n) is 4.55. The zero-order valence-corrected chi connectivity index (χ0v) is 11.8. The van der Waals surface area contributed by atoms with Crippen molar-refractivity contribution in [1.29, 1.82) is 0 Å². The number of halogens is 1. The van der Waals surface area contributed by atoms with Crippen molar-refractivity contribution in [1.82, 2.24) is 4.98 Å². The van der Waals surface area contributed by atoms with Crippen LogP contribution in [0.2, 0.25) is 0 Å². The highest BCUT2D eigenvalue weighted by Crippen LogP contribution is 2.38. The van der Waals surface area contributed by atoms with E-state index in [4.69, 9.17) is 4.74 Å². The smallest absolute Gasteiger partial charge is 0.134 e. The zero-order valence-electron chi connectivity index (χ0n) is 11.8. The number of fused-ring (bicyclic) bond motifs is 1. The molecular formula is C16H19FN2O. The van der Waals surface area contributed by atoms with E-state index >= 15 is 0 Å². The average molecular weight is 274 g/mol. The maximum atomic E-state index is 14.1. The van der Waals surface area contributed by atoms with Crippen molar-refractivity contribution in [3.63, 3.8) is 0 Å². The van der Waals surface area contributed by atoms with Gasteiger partial charge in [0.1, 0.15) is 11.6 Å². The predicted octanol–water partition coefficient (Wildman–Crippen LogP) is 3.10. The monoisotopic (exact) mass is 274 g/mol. The highest BCUT2D eigenvalue weighted by molar-refractivity contribution is 5.73. The van der Waals surface area contributed by atoms with Crippen LogP contribution < -0.4 is 10.5 Å². The van der Waals surface area contributed by atoms with E-state index in [1.165, 1.54) is 13.1 Å². The molecule has 2 N–H and O–H groups in total. The molecule has 1 aliphatic heterocycles. The summed E-state index contributed by atoms with van der Waals surface area (Å²) >= 11 is 0. The molecule has 2 heterocycles. The highest BCUT2D eigenvalue weighted by atomic mass is 19.1. The normalized spacial score (nSPS) is 12.8. The number of nitrogens with zero attached hydrogens (tertiary/aromatic N) is 1. The molecule has 106 valence electrons. The first-order valence-corrected chi connectivity index (χ1v) is 6.70. The third kappa shape index (κ3) is 2.80. The molecule has 0 radical (unpaired) electrons. The van der Waals surface area contributed by atoms with E-state index in [0.717, 1.165) is 29.7 Å². The number of aryl methyl sites for hydroxylation is 2. The van der Waals surface area contributed by atoms with Crippen LogP contribution in [0.3, 0.4) is 0 Å². The van der Waals surface area contributed by atoms with Gasteiger partial charge in [-0.2, -0.15) is 0 Å². The van der Waals surface area contributed by atoms with Gasteiger partial charge < -0.3 is 10.5 Å². The van der Waals surface area contributed by atoms with Gasteiger partial charge in [0, 0.05) is 11.9 Å². The van der Waals surface area contributed by atoms with E-state index in [0.29, 0.717) is 17.9 Å². The second kappa shape index (κ2) is 6.48. The molecule has 0 amide bonds. The Bertz CT molecular complexity index is 599. The summed E-state index contributed by atoms with van der Waals surface area (Å²) in [6.45, 7) is 2.56. The minimum Gasteiger partial charge on any atom is -0.493 e. The summed E-state index contributed by atoms with van der Waals surface area (Å²) in [6.07, 6.45) is 3.65. The van der Waals surface area contributed by atoms with E-state index < -0.39 is 0 Å². The van der Waals surface area contributed by atoms with Crippen molar-refractivity contribution >= 4 is 0 Å². The number of pyridine rings is 1. The summed E-state index contributed by atoms with van der Waals surface area (Å²) in [4.78, 5) is 4.14. The average Bonchev–Trinajstić information content (AvgIpc) is 2.49. The summed E-state index contributed by atoms with van der Waals surface area (Å²) in [5, 5.41) is 0. The Morgan fingerprint density at radius 1 is 1.25 bits per heavy atom. The Morgan fingerprint density at radius 3 is 2.80 bits per heavy atom. The molecule has 0 fully saturated rings. The van der Waals surface area contributed by atoms with Gasteiger partial charge in [0.05, 0.1) is 12.2 Å². The molecule has 1 aromatic heterocycles. The number of aromatic nitrogens is 1. The molecule has 0 atom stereocenters. The fourth-order valence-electron chi connectivity index (χ4n) is 2.37. The molecule has 1 aromatic carbocycles. The first-order valence-electron chi connectivity index (χ1n) is 6.70. The summed E-state index contributed by atoms with van der Waals surface area (Å²) in [5.41, 5.74) is 7.86. The van der Waals surface area contributed by atoms with Crippen molar-refractivity contribution < 1.29 is 9.13 Å². The first kappa shape index (κ1) is 14.5. The van der Waals surface area contributed by atoms with Gasteiger partial charge >= 0.3 is 0 Å². The maximum Gasteiger partial charge on any atom is 0.134 e. The van der Waals surface area contributed by atoms with Gasteiger partial charge in [0.15, 0.2) is 0 Å². The lowest BCUT2D eigenvalue weighted by atomic mass is 9.97. The quantitative estimate of drug-likeness (QED) is 0.869. The Balaban J connectivity index is 0.000000704. The standard InChI is InChI=1S/C15H14FNO.CH5N/c1-10-9-12(6-7-17-10)14-13(16)5-4-11-3-2-8-18-15(11)14;1-2/h4-7,9H,2-3,8H2,1H3;2H2,1H3. The van der Waals surface area contributed by atoms with Crippen LogP contribution in [-0.2, 0) is 6.42 Å². The largest absolute Gasteiger partial charge is 0.493 e. The van der Waals surface area contributed by atoms with Gasteiger partial charge in [0.2, 0.25) is 0 Å². The lowest BCUT2D eigenvalue weighted by molar-refractivity contribution is 0.288. The van der Waals surface area contributed by atoms with Crippen molar-refractivity contribution in [2.24, 2.45) is 5.73 Å². The van der Waals surface area contributed by atoms with Gasteiger partial charge in [0.25, 0.3) is 0 Å². The van der Waals surface area contributed by atoms with E-state index in [1.54, 1.807) is 6.20 Å². The van der Waals surface area contributed by atoms with E-state index in [9.17, 15) is 4.39 Å². The van der Waals surface area contributed by atoms with Crippen LogP contribution in [0.25, 0.3) is 11.1 Å². The molecule has 3 rings (SSSR count).